The standard InChI is InChI=1S/C21H25FN2O4S/c1-28-19-10-9-18(15-20(19)29(26,27)24-12-3-2-4-13-24)23-21(25)11-8-16-6-5-7-17(22)14-16/h5-7,9-10,14-15H,2-4,8,11-13H2,1H3,(H,23,25). The first-order valence-corrected chi connectivity index (χ1v) is 11.1. The van der Waals surface area contributed by atoms with Crippen LogP contribution < -0.4 is 10.1 Å². The van der Waals surface area contributed by atoms with E-state index in [1.54, 1.807) is 24.3 Å². The first-order valence-electron chi connectivity index (χ1n) is 9.62. The number of amides is 1. The van der Waals surface area contributed by atoms with Crippen molar-refractivity contribution in [2.75, 3.05) is 25.5 Å². The highest BCUT2D eigenvalue weighted by Gasteiger charge is 2.29. The molecular weight excluding hydrogens is 395 g/mol. The smallest absolute Gasteiger partial charge is 0.246 e. The van der Waals surface area contributed by atoms with Crippen LogP contribution in [0.15, 0.2) is 47.4 Å². The SMILES string of the molecule is COc1ccc(NC(=O)CCc2cccc(F)c2)cc1S(=O)(=O)N1CCCCC1. The second-order valence-electron chi connectivity index (χ2n) is 7.01. The molecule has 29 heavy (non-hydrogen) atoms. The Bertz CT molecular complexity index is 972. The number of methoxy groups -OCH3 is 1. The Labute approximate surface area is 170 Å². The van der Waals surface area contributed by atoms with Crippen molar-refractivity contribution < 1.29 is 22.3 Å². The fourth-order valence-electron chi connectivity index (χ4n) is 3.37. The Morgan fingerprint density at radius 1 is 1.14 bits per heavy atom. The van der Waals surface area contributed by atoms with Crippen LogP contribution in [-0.4, -0.2) is 38.8 Å². The van der Waals surface area contributed by atoms with Crippen molar-refractivity contribution in [1.29, 1.82) is 0 Å². The molecule has 1 amide bonds. The molecule has 0 spiro atoms. The lowest BCUT2D eigenvalue weighted by Gasteiger charge is -2.26. The molecule has 0 aliphatic carbocycles. The lowest BCUT2D eigenvalue weighted by Crippen LogP contribution is -2.35. The lowest BCUT2D eigenvalue weighted by molar-refractivity contribution is -0.116. The third kappa shape index (κ3) is 5.33. The molecule has 3 rings (SSSR count). The van der Waals surface area contributed by atoms with E-state index in [1.165, 1.54) is 29.6 Å². The lowest BCUT2D eigenvalue weighted by atomic mass is 10.1. The molecule has 0 unspecified atom stereocenters. The summed E-state index contributed by atoms with van der Waals surface area (Å²) >= 11 is 0. The van der Waals surface area contributed by atoms with Gasteiger partial charge in [-0.3, -0.25) is 4.79 Å². The molecule has 1 aliphatic heterocycles. The number of hydrogen-bond donors (Lipinski definition) is 1. The Kier molecular flexibility index (Phi) is 6.87. The fraction of sp³-hybridized carbons (Fsp3) is 0.381. The van der Waals surface area contributed by atoms with E-state index in [1.807, 2.05) is 0 Å². The number of nitrogens with one attached hydrogen (secondary N) is 1. The van der Waals surface area contributed by atoms with E-state index in [2.05, 4.69) is 5.32 Å². The molecule has 0 aromatic heterocycles. The zero-order valence-corrected chi connectivity index (χ0v) is 17.2. The number of benzene rings is 2. The number of sulfonamides is 1. The van der Waals surface area contributed by atoms with Gasteiger partial charge in [-0.2, -0.15) is 4.31 Å². The van der Waals surface area contributed by atoms with Gasteiger partial charge in [-0.15, -0.1) is 0 Å². The minimum Gasteiger partial charge on any atom is -0.495 e. The van der Waals surface area contributed by atoms with Gasteiger partial charge in [0.25, 0.3) is 0 Å². The molecule has 0 radical (unpaired) electrons. The van der Waals surface area contributed by atoms with Gasteiger partial charge in [-0.1, -0.05) is 18.6 Å². The van der Waals surface area contributed by atoms with Gasteiger partial charge in [0, 0.05) is 25.2 Å². The van der Waals surface area contributed by atoms with Crippen LogP contribution in [0.1, 0.15) is 31.2 Å². The average Bonchev–Trinajstić information content (AvgIpc) is 2.73. The van der Waals surface area contributed by atoms with Crippen molar-refractivity contribution in [1.82, 2.24) is 4.31 Å². The van der Waals surface area contributed by atoms with E-state index in [0.29, 0.717) is 25.2 Å². The second-order valence-corrected chi connectivity index (χ2v) is 8.91. The molecular formula is C21H25FN2O4S. The Balaban J connectivity index is 1.73. The van der Waals surface area contributed by atoms with Gasteiger partial charge in [0.15, 0.2) is 0 Å². The monoisotopic (exact) mass is 420 g/mol. The van der Waals surface area contributed by atoms with Crippen LogP contribution in [0.2, 0.25) is 0 Å². The molecule has 0 saturated carbocycles. The van der Waals surface area contributed by atoms with Crippen LogP contribution in [0, 0.1) is 5.82 Å². The maximum absolute atomic E-state index is 13.2. The maximum Gasteiger partial charge on any atom is 0.246 e. The number of piperidine rings is 1. The van der Waals surface area contributed by atoms with Crippen molar-refractivity contribution in [2.45, 2.75) is 37.0 Å². The fourth-order valence-corrected chi connectivity index (χ4v) is 5.07. The van der Waals surface area contributed by atoms with Crippen LogP contribution in [0.4, 0.5) is 10.1 Å². The molecule has 2 aromatic rings. The number of nitrogens with zero attached hydrogens (tertiary/aromatic N) is 1. The van der Waals surface area contributed by atoms with Gasteiger partial charge >= 0.3 is 0 Å². The highest BCUT2D eigenvalue weighted by Crippen LogP contribution is 2.31. The summed E-state index contributed by atoms with van der Waals surface area (Å²) in [6, 6.07) is 10.7. The topological polar surface area (TPSA) is 75.7 Å². The van der Waals surface area contributed by atoms with Crippen LogP contribution in [0.5, 0.6) is 5.75 Å². The number of halogens is 1. The van der Waals surface area contributed by atoms with E-state index in [-0.39, 0.29) is 28.8 Å². The van der Waals surface area contributed by atoms with Crippen molar-refractivity contribution in [2.24, 2.45) is 0 Å². The zero-order valence-electron chi connectivity index (χ0n) is 16.4. The summed E-state index contributed by atoms with van der Waals surface area (Å²) in [7, 11) is -2.29. The van der Waals surface area contributed by atoms with Crippen molar-refractivity contribution in [3.8, 4) is 5.75 Å². The minimum atomic E-state index is -3.71. The number of anilines is 1. The molecule has 0 bridgehead atoms. The minimum absolute atomic E-state index is 0.0461. The third-order valence-electron chi connectivity index (χ3n) is 4.91. The first kappa shape index (κ1) is 21.3. The normalized spacial score (nSPS) is 15.1. The van der Waals surface area contributed by atoms with E-state index >= 15 is 0 Å². The Morgan fingerprint density at radius 3 is 2.59 bits per heavy atom. The predicted molar refractivity (Wildman–Crippen MR) is 109 cm³/mol. The van der Waals surface area contributed by atoms with E-state index in [9.17, 15) is 17.6 Å². The highest BCUT2D eigenvalue weighted by atomic mass is 32.2. The van der Waals surface area contributed by atoms with Gasteiger partial charge in [0.05, 0.1) is 7.11 Å². The van der Waals surface area contributed by atoms with Gasteiger partial charge in [-0.05, 0) is 55.2 Å². The van der Waals surface area contributed by atoms with Crippen molar-refractivity contribution in [3.63, 3.8) is 0 Å². The summed E-state index contributed by atoms with van der Waals surface area (Å²) in [5.41, 5.74) is 1.11. The van der Waals surface area contributed by atoms with Gasteiger partial charge < -0.3 is 10.1 Å². The highest BCUT2D eigenvalue weighted by molar-refractivity contribution is 7.89. The molecule has 2 aromatic carbocycles. The molecule has 6 nitrogen and oxygen atoms in total. The number of carbonyl (C=O) groups is 1. The van der Waals surface area contributed by atoms with Crippen LogP contribution >= 0.6 is 0 Å². The van der Waals surface area contributed by atoms with E-state index in [4.69, 9.17) is 4.74 Å². The largest absolute Gasteiger partial charge is 0.495 e. The summed E-state index contributed by atoms with van der Waals surface area (Å²) in [4.78, 5) is 12.3. The maximum atomic E-state index is 13.2. The van der Waals surface area contributed by atoms with Gasteiger partial charge in [-0.25, -0.2) is 12.8 Å². The number of hydrogen-bond acceptors (Lipinski definition) is 4. The van der Waals surface area contributed by atoms with Gasteiger partial charge in [0.1, 0.15) is 16.5 Å². The predicted octanol–water partition coefficient (Wildman–Crippen LogP) is 3.58. The van der Waals surface area contributed by atoms with E-state index < -0.39 is 10.0 Å². The summed E-state index contributed by atoms with van der Waals surface area (Å²) in [6.07, 6.45) is 3.23. The molecule has 1 fully saturated rings. The Morgan fingerprint density at radius 2 is 1.90 bits per heavy atom. The van der Waals surface area contributed by atoms with Crippen LogP contribution in [0.3, 0.4) is 0 Å². The number of rotatable bonds is 7. The third-order valence-corrected chi connectivity index (χ3v) is 6.83. The molecule has 8 heteroatoms. The van der Waals surface area contributed by atoms with E-state index in [0.717, 1.165) is 24.8 Å². The molecule has 156 valence electrons. The molecule has 1 N–H and O–H groups in total. The van der Waals surface area contributed by atoms with Crippen LogP contribution in [0.25, 0.3) is 0 Å². The summed E-state index contributed by atoms with van der Waals surface area (Å²) in [5, 5.41) is 2.72. The molecule has 0 atom stereocenters. The summed E-state index contributed by atoms with van der Waals surface area (Å²) in [5.74, 6) is -0.375. The van der Waals surface area contributed by atoms with Crippen LogP contribution in [-0.2, 0) is 21.2 Å². The number of carbonyl (C=O) groups excluding carboxylic acids is 1. The van der Waals surface area contributed by atoms with Crippen molar-refractivity contribution >= 4 is 21.6 Å². The molecule has 1 heterocycles. The quantitative estimate of drug-likeness (QED) is 0.743. The molecule has 1 saturated heterocycles. The number of aryl methyl sites for hydroxylation is 1. The van der Waals surface area contributed by atoms with Crippen molar-refractivity contribution in [3.05, 3.63) is 53.8 Å². The average molecular weight is 421 g/mol. The molecule has 1 aliphatic rings. The summed E-state index contributed by atoms with van der Waals surface area (Å²) in [6.45, 7) is 0.964. The summed E-state index contributed by atoms with van der Waals surface area (Å²) < 4.78 is 46.0. The first-order chi connectivity index (χ1) is 13.9. The zero-order chi connectivity index (χ0) is 20.9. The Hall–Kier alpha value is -2.45. The van der Waals surface area contributed by atoms with Gasteiger partial charge in [0.2, 0.25) is 15.9 Å². The second kappa shape index (κ2) is 9.37. The number of ether oxygens (including phenoxy) is 1.